The van der Waals surface area contributed by atoms with Crippen molar-refractivity contribution in [2.45, 2.75) is 31.8 Å². The Balaban J connectivity index is 2.13. The van der Waals surface area contributed by atoms with Crippen LogP contribution in [0, 0.1) is 0 Å². The molecule has 0 radical (unpaired) electrons. The molecule has 0 bridgehead atoms. The highest BCUT2D eigenvalue weighted by molar-refractivity contribution is 5.93. The molecule has 1 atom stereocenters. The van der Waals surface area contributed by atoms with Crippen molar-refractivity contribution in [3.8, 4) is 0 Å². The first-order chi connectivity index (χ1) is 8.84. The molecule has 0 fully saturated rings. The van der Waals surface area contributed by atoms with E-state index in [1.54, 1.807) is 0 Å². The van der Waals surface area contributed by atoms with Gasteiger partial charge in [-0.05, 0) is 41.2 Å². The molecule has 1 aliphatic rings. The molecule has 1 nitrogen and oxygen atoms in total. The van der Waals surface area contributed by atoms with Crippen LogP contribution in [-0.2, 0) is 0 Å². The molecule has 1 heteroatoms. The smallest absolute Gasteiger partial charge is 0.0726 e. The minimum absolute atomic E-state index is 0.276. The van der Waals surface area contributed by atoms with Gasteiger partial charge in [0.2, 0.25) is 0 Å². The fourth-order valence-electron chi connectivity index (χ4n) is 2.80. The zero-order valence-electron chi connectivity index (χ0n) is 10.5. The Kier molecular flexibility index (Phi) is 3.16. The predicted octanol–water partition coefficient (Wildman–Crippen LogP) is 4.16. The van der Waals surface area contributed by atoms with E-state index in [1.807, 2.05) is 0 Å². The summed E-state index contributed by atoms with van der Waals surface area (Å²) in [6, 6.07) is 14.9. The normalized spacial score (nSPS) is 20.5. The lowest BCUT2D eigenvalue weighted by atomic mass is 9.95. The van der Waals surface area contributed by atoms with E-state index < -0.39 is 0 Å². The Bertz CT molecular complexity index is 578. The average Bonchev–Trinajstić information content (AvgIpc) is 2.63. The molecule has 0 spiro atoms. The first-order valence-corrected chi connectivity index (χ1v) is 6.71. The number of hydrogen-bond acceptors (Lipinski definition) is 1. The molecule has 1 aliphatic carbocycles. The topological polar surface area (TPSA) is 20.2 Å². The Morgan fingerprint density at radius 2 is 1.78 bits per heavy atom. The minimum atomic E-state index is -0.276. The van der Waals surface area contributed by atoms with Gasteiger partial charge in [0.15, 0.2) is 0 Å². The highest BCUT2D eigenvalue weighted by Crippen LogP contribution is 2.31. The molecule has 0 aliphatic heterocycles. The van der Waals surface area contributed by atoms with Crippen LogP contribution in [0.25, 0.3) is 16.3 Å². The lowest BCUT2D eigenvalue weighted by Crippen LogP contribution is -2.00. The summed E-state index contributed by atoms with van der Waals surface area (Å²) < 4.78 is 0. The molecule has 18 heavy (non-hydrogen) atoms. The van der Waals surface area contributed by atoms with Crippen LogP contribution in [0.5, 0.6) is 0 Å². The van der Waals surface area contributed by atoms with E-state index in [0.29, 0.717) is 0 Å². The van der Waals surface area contributed by atoms with Gasteiger partial charge in [0, 0.05) is 0 Å². The number of fused-ring (bicyclic) bond motifs is 1. The lowest BCUT2D eigenvalue weighted by molar-refractivity contribution is 0.211. The van der Waals surface area contributed by atoms with E-state index in [1.165, 1.54) is 28.3 Å². The largest absolute Gasteiger partial charge is 0.389 e. The molecule has 92 valence electrons. The number of hydrogen-bond donors (Lipinski definition) is 1. The summed E-state index contributed by atoms with van der Waals surface area (Å²) in [6.07, 6.45) is 6.04. The summed E-state index contributed by atoms with van der Waals surface area (Å²) in [5.74, 6) is 0. The van der Waals surface area contributed by atoms with Crippen LogP contribution in [0.4, 0.5) is 0 Å². The second kappa shape index (κ2) is 4.95. The molecule has 2 aromatic carbocycles. The first kappa shape index (κ1) is 11.5. The Hall–Kier alpha value is -1.60. The van der Waals surface area contributed by atoms with Gasteiger partial charge >= 0.3 is 0 Å². The fourth-order valence-corrected chi connectivity index (χ4v) is 2.80. The molecule has 3 rings (SSSR count). The molecule has 1 N–H and O–H groups in total. The van der Waals surface area contributed by atoms with E-state index in [0.717, 1.165) is 19.3 Å². The van der Waals surface area contributed by atoms with Crippen LogP contribution >= 0.6 is 0 Å². The predicted molar refractivity (Wildman–Crippen MR) is 76.4 cm³/mol. The molecule has 0 amide bonds. The minimum Gasteiger partial charge on any atom is -0.389 e. The number of benzene rings is 2. The third-order valence-corrected chi connectivity index (χ3v) is 3.73. The van der Waals surface area contributed by atoms with Crippen LogP contribution in [-0.4, -0.2) is 11.2 Å². The van der Waals surface area contributed by atoms with Gasteiger partial charge in [0.25, 0.3) is 0 Å². The average molecular weight is 238 g/mol. The van der Waals surface area contributed by atoms with Crippen LogP contribution in [0.3, 0.4) is 0 Å². The second-order valence-electron chi connectivity index (χ2n) is 5.03. The zero-order chi connectivity index (χ0) is 12.4. The van der Waals surface area contributed by atoms with Gasteiger partial charge < -0.3 is 5.11 Å². The molecule has 0 saturated carbocycles. The third kappa shape index (κ3) is 2.19. The first-order valence-electron chi connectivity index (χ1n) is 6.71. The summed E-state index contributed by atoms with van der Waals surface area (Å²) in [5.41, 5.74) is 2.59. The van der Waals surface area contributed by atoms with E-state index in [-0.39, 0.29) is 6.10 Å². The maximum absolute atomic E-state index is 9.92. The van der Waals surface area contributed by atoms with Crippen molar-refractivity contribution in [2.75, 3.05) is 0 Å². The van der Waals surface area contributed by atoms with Crippen molar-refractivity contribution in [2.24, 2.45) is 0 Å². The lowest BCUT2D eigenvalue weighted by Gasteiger charge is -2.10. The van der Waals surface area contributed by atoms with Crippen molar-refractivity contribution < 1.29 is 5.11 Å². The van der Waals surface area contributed by atoms with Crippen LogP contribution < -0.4 is 0 Å². The van der Waals surface area contributed by atoms with Gasteiger partial charge in [-0.1, -0.05) is 55.0 Å². The molecule has 0 aromatic heterocycles. The molecular weight excluding hydrogens is 220 g/mol. The zero-order valence-corrected chi connectivity index (χ0v) is 10.5. The van der Waals surface area contributed by atoms with Gasteiger partial charge in [-0.3, -0.25) is 0 Å². The van der Waals surface area contributed by atoms with E-state index in [9.17, 15) is 5.11 Å². The monoisotopic (exact) mass is 238 g/mol. The van der Waals surface area contributed by atoms with Crippen LogP contribution in [0.15, 0.2) is 48.5 Å². The summed E-state index contributed by atoms with van der Waals surface area (Å²) in [6.45, 7) is 0. The maximum Gasteiger partial charge on any atom is 0.0726 e. The van der Waals surface area contributed by atoms with Gasteiger partial charge in [0.05, 0.1) is 6.10 Å². The van der Waals surface area contributed by atoms with Crippen LogP contribution in [0.2, 0.25) is 0 Å². The number of allylic oxidation sites excluding steroid dienone is 1. The summed E-state index contributed by atoms with van der Waals surface area (Å²) >= 11 is 0. The molecule has 0 heterocycles. The number of aliphatic hydroxyl groups excluding tert-OH is 1. The third-order valence-electron chi connectivity index (χ3n) is 3.73. The standard InChI is InChI=1S/C17H18O/c18-15-9-3-1-7-14(12-15)17-11-5-8-13-6-2-4-10-16(13)17/h2,4-6,8,10-12,15,18H,1,3,7,9H2. The highest BCUT2D eigenvalue weighted by Gasteiger charge is 2.12. The molecule has 1 unspecified atom stereocenters. The van der Waals surface area contributed by atoms with E-state index in [4.69, 9.17) is 0 Å². The van der Waals surface area contributed by atoms with Gasteiger partial charge in [-0.25, -0.2) is 0 Å². The quantitative estimate of drug-likeness (QED) is 0.791. The second-order valence-corrected chi connectivity index (χ2v) is 5.03. The SMILES string of the molecule is OC1C=C(c2cccc3ccccc23)CCCC1. The van der Waals surface area contributed by atoms with Gasteiger partial charge in [-0.2, -0.15) is 0 Å². The van der Waals surface area contributed by atoms with Gasteiger partial charge in [0.1, 0.15) is 0 Å². The molecular formula is C17H18O. The van der Waals surface area contributed by atoms with Gasteiger partial charge in [-0.15, -0.1) is 0 Å². The molecule has 2 aromatic rings. The maximum atomic E-state index is 9.92. The highest BCUT2D eigenvalue weighted by atomic mass is 16.3. The van der Waals surface area contributed by atoms with E-state index >= 15 is 0 Å². The Morgan fingerprint density at radius 1 is 0.944 bits per heavy atom. The number of aliphatic hydroxyl groups is 1. The summed E-state index contributed by atoms with van der Waals surface area (Å²) in [5, 5.41) is 12.5. The Labute approximate surface area is 108 Å². The van der Waals surface area contributed by atoms with E-state index in [2.05, 4.69) is 48.5 Å². The summed E-state index contributed by atoms with van der Waals surface area (Å²) in [4.78, 5) is 0. The Morgan fingerprint density at radius 3 is 2.72 bits per heavy atom. The van der Waals surface area contributed by atoms with Crippen molar-refractivity contribution in [3.63, 3.8) is 0 Å². The molecule has 0 saturated heterocycles. The fraction of sp³-hybridized carbons (Fsp3) is 0.294. The van der Waals surface area contributed by atoms with Crippen LogP contribution in [0.1, 0.15) is 31.2 Å². The van der Waals surface area contributed by atoms with Crippen molar-refractivity contribution in [1.82, 2.24) is 0 Å². The van der Waals surface area contributed by atoms with Crippen molar-refractivity contribution in [3.05, 3.63) is 54.1 Å². The summed E-state index contributed by atoms with van der Waals surface area (Å²) in [7, 11) is 0. The van der Waals surface area contributed by atoms with Crippen molar-refractivity contribution in [1.29, 1.82) is 0 Å². The number of rotatable bonds is 1. The van der Waals surface area contributed by atoms with Crippen molar-refractivity contribution >= 4 is 16.3 Å².